The molecule has 0 aromatic heterocycles. The summed E-state index contributed by atoms with van der Waals surface area (Å²) in [5, 5.41) is 11.7. The molecule has 0 aliphatic heterocycles. The Kier molecular flexibility index (Phi) is 6.27. The molecule has 7 heteroatoms. The normalized spacial score (nSPS) is 11.7. The van der Waals surface area contributed by atoms with E-state index in [0.717, 1.165) is 6.07 Å². The van der Waals surface area contributed by atoms with Crippen LogP contribution in [0.15, 0.2) is 36.4 Å². The fraction of sp³-hybridized carbons (Fsp3) is 0.263. The zero-order valence-corrected chi connectivity index (χ0v) is 14.4. The van der Waals surface area contributed by atoms with Crippen LogP contribution < -0.4 is 10.1 Å². The SMILES string of the molecule is COc1cccc(CCC(=O)NC(C(=O)O)c2ccc(F)c(C)c2)c1F. The molecule has 2 aromatic carbocycles. The largest absolute Gasteiger partial charge is 0.494 e. The zero-order chi connectivity index (χ0) is 19.3. The first-order chi connectivity index (χ1) is 12.3. The molecule has 0 saturated heterocycles. The van der Waals surface area contributed by atoms with Gasteiger partial charge in [0.25, 0.3) is 0 Å². The summed E-state index contributed by atoms with van der Waals surface area (Å²) in [6.07, 6.45) is -0.0162. The maximum Gasteiger partial charge on any atom is 0.330 e. The van der Waals surface area contributed by atoms with Crippen LogP contribution in [0.5, 0.6) is 5.75 Å². The number of methoxy groups -OCH3 is 1. The lowest BCUT2D eigenvalue weighted by Crippen LogP contribution is -2.34. The Morgan fingerprint density at radius 2 is 1.96 bits per heavy atom. The van der Waals surface area contributed by atoms with Crippen LogP contribution in [0.2, 0.25) is 0 Å². The number of amides is 1. The molecule has 1 atom stereocenters. The van der Waals surface area contributed by atoms with Crippen molar-refractivity contribution < 1.29 is 28.2 Å². The number of benzene rings is 2. The monoisotopic (exact) mass is 363 g/mol. The first-order valence-corrected chi connectivity index (χ1v) is 7.93. The van der Waals surface area contributed by atoms with Gasteiger partial charge in [-0.15, -0.1) is 0 Å². The highest BCUT2D eigenvalue weighted by Crippen LogP contribution is 2.21. The number of carbonyl (C=O) groups excluding carboxylic acids is 1. The third kappa shape index (κ3) is 4.56. The predicted molar refractivity (Wildman–Crippen MR) is 90.9 cm³/mol. The van der Waals surface area contributed by atoms with E-state index in [-0.39, 0.29) is 29.7 Å². The van der Waals surface area contributed by atoms with E-state index >= 15 is 0 Å². The smallest absolute Gasteiger partial charge is 0.330 e. The number of carbonyl (C=O) groups is 2. The molecule has 1 amide bonds. The Morgan fingerprint density at radius 3 is 2.58 bits per heavy atom. The van der Waals surface area contributed by atoms with Gasteiger partial charge in [0.15, 0.2) is 17.6 Å². The van der Waals surface area contributed by atoms with Crippen molar-refractivity contribution >= 4 is 11.9 Å². The molecule has 138 valence electrons. The highest BCUT2D eigenvalue weighted by atomic mass is 19.1. The molecule has 5 nitrogen and oxygen atoms in total. The molecular formula is C19H19F2NO4. The molecular weight excluding hydrogens is 344 g/mol. The molecule has 1 unspecified atom stereocenters. The minimum Gasteiger partial charge on any atom is -0.494 e. The van der Waals surface area contributed by atoms with E-state index < -0.39 is 29.6 Å². The number of aliphatic carboxylic acids is 1. The molecule has 0 heterocycles. The Morgan fingerprint density at radius 1 is 1.23 bits per heavy atom. The van der Waals surface area contributed by atoms with E-state index in [4.69, 9.17) is 4.74 Å². The summed E-state index contributed by atoms with van der Waals surface area (Å²) in [5.74, 6) is -2.75. The number of halogens is 2. The molecule has 2 aromatic rings. The molecule has 0 aliphatic rings. The molecule has 2 N–H and O–H groups in total. The number of hydrogen-bond donors (Lipinski definition) is 2. The van der Waals surface area contributed by atoms with Crippen molar-refractivity contribution in [1.82, 2.24) is 5.32 Å². The summed E-state index contributed by atoms with van der Waals surface area (Å²) in [7, 11) is 1.34. The quantitative estimate of drug-likeness (QED) is 0.792. The fourth-order valence-corrected chi connectivity index (χ4v) is 2.52. The Balaban J connectivity index is 2.06. The van der Waals surface area contributed by atoms with Crippen LogP contribution in [0.3, 0.4) is 0 Å². The van der Waals surface area contributed by atoms with Gasteiger partial charge in [0.2, 0.25) is 5.91 Å². The van der Waals surface area contributed by atoms with Crippen LogP contribution in [0, 0.1) is 18.6 Å². The summed E-state index contributed by atoms with van der Waals surface area (Å²) in [4.78, 5) is 23.6. The molecule has 0 spiro atoms. The van der Waals surface area contributed by atoms with E-state index in [9.17, 15) is 23.5 Å². The number of ether oxygens (including phenoxy) is 1. The van der Waals surface area contributed by atoms with Gasteiger partial charge in [-0.1, -0.05) is 24.3 Å². The Hall–Kier alpha value is -2.96. The van der Waals surface area contributed by atoms with Crippen LogP contribution in [-0.2, 0) is 16.0 Å². The summed E-state index contributed by atoms with van der Waals surface area (Å²) in [5.41, 5.74) is 0.836. The maximum atomic E-state index is 14.1. The maximum absolute atomic E-state index is 14.1. The third-order valence-electron chi connectivity index (χ3n) is 3.95. The van der Waals surface area contributed by atoms with E-state index in [0.29, 0.717) is 5.56 Å². The van der Waals surface area contributed by atoms with Gasteiger partial charge in [-0.2, -0.15) is 0 Å². The standard InChI is InChI=1S/C19H19F2NO4/c1-11-10-13(6-8-14(11)20)18(19(24)25)22-16(23)9-7-12-4-3-5-15(26-2)17(12)21/h3-6,8,10,18H,7,9H2,1-2H3,(H,22,23)(H,24,25). The predicted octanol–water partition coefficient (Wildman–Crippen LogP) is 3.16. The van der Waals surface area contributed by atoms with Crippen LogP contribution in [0.1, 0.15) is 29.2 Å². The lowest BCUT2D eigenvalue weighted by molar-refractivity contribution is -0.142. The van der Waals surface area contributed by atoms with E-state index in [1.165, 1.54) is 38.3 Å². The summed E-state index contributed by atoms with van der Waals surface area (Å²) in [6, 6.07) is 7.13. The van der Waals surface area contributed by atoms with Gasteiger partial charge in [0.05, 0.1) is 7.11 Å². The molecule has 0 radical (unpaired) electrons. The first kappa shape index (κ1) is 19.4. The van der Waals surface area contributed by atoms with Crippen molar-refractivity contribution in [3.63, 3.8) is 0 Å². The van der Waals surface area contributed by atoms with E-state index in [1.807, 2.05) is 0 Å². The zero-order valence-electron chi connectivity index (χ0n) is 14.4. The molecule has 2 rings (SSSR count). The average molecular weight is 363 g/mol. The topological polar surface area (TPSA) is 75.6 Å². The fourth-order valence-electron chi connectivity index (χ4n) is 2.52. The van der Waals surface area contributed by atoms with Crippen molar-refractivity contribution in [3.8, 4) is 5.75 Å². The van der Waals surface area contributed by atoms with Crippen LogP contribution >= 0.6 is 0 Å². The Bertz CT molecular complexity index is 823. The van der Waals surface area contributed by atoms with Gasteiger partial charge in [-0.3, -0.25) is 4.79 Å². The highest BCUT2D eigenvalue weighted by molar-refractivity contribution is 5.84. The third-order valence-corrected chi connectivity index (χ3v) is 3.95. The van der Waals surface area contributed by atoms with Gasteiger partial charge in [0.1, 0.15) is 5.82 Å². The van der Waals surface area contributed by atoms with Crippen molar-refractivity contribution in [3.05, 3.63) is 64.7 Å². The van der Waals surface area contributed by atoms with Crippen LogP contribution in [0.4, 0.5) is 8.78 Å². The highest BCUT2D eigenvalue weighted by Gasteiger charge is 2.23. The number of rotatable bonds is 7. The van der Waals surface area contributed by atoms with Crippen LogP contribution in [0.25, 0.3) is 0 Å². The minimum absolute atomic E-state index is 0.0770. The van der Waals surface area contributed by atoms with Gasteiger partial charge >= 0.3 is 5.97 Å². The molecule has 0 aliphatic carbocycles. The molecule has 0 bridgehead atoms. The summed E-state index contributed by atoms with van der Waals surface area (Å²) < 4.78 is 32.3. The number of carboxylic acid groups (broad SMARTS) is 1. The lowest BCUT2D eigenvalue weighted by atomic mass is 10.0. The van der Waals surface area contributed by atoms with Gasteiger partial charge in [-0.05, 0) is 42.2 Å². The van der Waals surface area contributed by atoms with Gasteiger partial charge in [0, 0.05) is 6.42 Å². The second-order valence-electron chi connectivity index (χ2n) is 5.78. The van der Waals surface area contributed by atoms with E-state index in [1.54, 1.807) is 6.07 Å². The van der Waals surface area contributed by atoms with E-state index in [2.05, 4.69) is 5.32 Å². The minimum atomic E-state index is -1.31. The average Bonchev–Trinajstić information content (AvgIpc) is 2.61. The van der Waals surface area contributed by atoms with Crippen LogP contribution in [-0.4, -0.2) is 24.1 Å². The lowest BCUT2D eigenvalue weighted by Gasteiger charge is -2.16. The van der Waals surface area contributed by atoms with Crippen molar-refractivity contribution in [2.24, 2.45) is 0 Å². The number of nitrogens with one attached hydrogen (secondary N) is 1. The number of hydrogen-bond acceptors (Lipinski definition) is 3. The number of aryl methyl sites for hydroxylation is 2. The second-order valence-corrected chi connectivity index (χ2v) is 5.78. The molecule has 26 heavy (non-hydrogen) atoms. The summed E-state index contributed by atoms with van der Waals surface area (Å²) in [6.45, 7) is 1.51. The molecule has 0 saturated carbocycles. The van der Waals surface area contributed by atoms with Gasteiger partial charge < -0.3 is 15.2 Å². The van der Waals surface area contributed by atoms with Crippen molar-refractivity contribution in [1.29, 1.82) is 0 Å². The Labute approximate surface area is 149 Å². The second kappa shape index (κ2) is 8.42. The van der Waals surface area contributed by atoms with Crippen molar-refractivity contribution in [2.75, 3.05) is 7.11 Å². The van der Waals surface area contributed by atoms with Gasteiger partial charge in [-0.25, -0.2) is 13.6 Å². The summed E-state index contributed by atoms with van der Waals surface area (Å²) >= 11 is 0. The molecule has 0 fully saturated rings. The number of carboxylic acids is 1. The first-order valence-electron chi connectivity index (χ1n) is 7.93. The van der Waals surface area contributed by atoms with Crippen molar-refractivity contribution in [2.45, 2.75) is 25.8 Å².